The van der Waals surface area contributed by atoms with Crippen LogP contribution in [0.4, 0.5) is 5.69 Å². The third-order valence-electron chi connectivity index (χ3n) is 2.52. The Labute approximate surface area is 120 Å². The summed E-state index contributed by atoms with van der Waals surface area (Å²) in [5, 5.41) is 3.31. The molecule has 0 bridgehead atoms. The second kappa shape index (κ2) is 6.97. The number of carbonyl (C=O) groups is 1. The van der Waals surface area contributed by atoms with Crippen LogP contribution >= 0.6 is 27.5 Å². The lowest BCUT2D eigenvalue weighted by atomic mass is 10.1. The summed E-state index contributed by atoms with van der Waals surface area (Å²) in [6, 6.07) is 3.36. The molecular formula is C12H16BrClN2O2. The van der Waals surface area contributed by atoms with E-state index >= 15 is 0 Å². The van der Waals surface area contributed by atoms with Crippen LogP contribution in [0.25, 0.3) is 0 Å². The molecule has 0 aliphatic carbocycles. The fourth-order valence-corrected chi connectivity index (χ4v) is 2.47. The topological polar surface area (TPSA) is 64.3 Å². The molecule has 1 aromatic rings. The van der Waals surface area contributed by atoms with Gasteiger partial charge in [-0.2, -0.15) is 0 Å². The molecule has 0 saturated heterocycles. The highest BCUT2D eigenvalue weighted by Crippen LogP contribution is 2.36. The lowest BCUT2D eigenvalue weighted by molar-refractivity contribution is -0.119. The second-order valence-corrected chi connectivity index (χ2v) is 5.23. The van der Waals surface area contributed by atoms with E-state index in [1.165, 1.54) is 7.11 Å². The summed E-state index contributed by atoms with van der Waals surface area (Å²) < 4.78 is 5.92. The summed E-state index contributed by atoms with van der Waals surface area (Å²) in [6.45, 7) is 2.30. The van der Waals surface area contributed by atoms with Gasteiger partial charge in [0, 0.05) is 10.9 Å². The molecule has 1 amide bonds. The molecule has 0 radical (unpaired) electrons. The van der Waals surface area contributed by atoms with Gasteiger partial charge in [-0.25, -0.2) is 0 Å². The predicted molar refractivity (Wildman–Crippen MR) is 77.2 cm³/mol. The molecule has 18 heavy (non-hydrogen) atoms. The first kappa shape index (κ1) is 15.3. The molecule has 0 heterocycles. The summed E-state index contributed by atoms with van der Waals surface area (Å²) in [5.41, 5.74) is 5.98. The number of methoxy groups -OCH3 is 1. The quantitative estimate of drug-likeness (QED) is 0.869. The van der Waals surface area contributed by atoms with E-state index in [0.717, 1.165) is 0 Å². The first-order valence-electron chi connectivity index (χ1n) is 5.53. The number of amides is 1. The van der Waals surface area contributed by atoms with Gasteiger partial charge in [-0.15, -0.1) is 0 Å². The molecule has 4 nitrogen and oxygen atoms in total. The van der Waals surface area contributed by atoms with Crippen molar-refractivity contribution >= 4 is 39.1 Å². The summed E-state index contributed by atoms with van der Waals surface area (Å²) >= 11 is 9.28. The number of nitrogens with one attached hydrogen (secondary N) is 1. The predicted octanol–water partition coefficient (Wildman–Crippen LogP) is 3.03. The Morgan fingerprint density at radius 2 is 2.28 bits per heavy atom. The van der Waals surface area contributed by atoms with Crippen molar-refractivity contribution in [3.63, 3.8) is 0 Å². The van der Waals surface area contributed by atoms with Gasteiger partial charge in [-0.3, -0.25) is 4.79 Å². The van der Waals surface area contributed by atoms with Gasteiger partial charge in [0.1, 0.15) is 0 Å². The molecule has 1 aromatic carbocycles. The number of rotatable bonds is 5. The zero-order valence-corrected chi connectivity index (χ0v) is 12.6. The lowest BCUT2D eigenvalue weighted by Crippen LogP contribution is -2.23. The fraction of sp³-hybridized carbons (Fsp3) is 0.417. The third-order valence-corrected chi connectivity index (χ3v) is 3.32. The Morgan fingerprint density at radius 3 is 2.83 bits per heavy atom. The lowest BCUT2D eigenvalue weighted by Gasteiger charge is -2.15. The monoisotopic (exact) mass is 334 g/mol. The molecule has 0 aliphatic rings. The molecule has 0 aromatic heterocycles. The summed E-state index contributed by atoms with van der Waals surface area (Å²) in [4.78, 5) is 11.9. The van der Waals surface area contributed by atoms with Gasteiger partial charge >= 0.3 is 0 Å². The van der Waals surface area contributed by atoms with Gasteiger partial charge in [0.05, 0.1) is 17.3 Å². The number of hydrogen-bond donors (Lipinski definition) is 2. The molecule has 6 heteroatoms. The van der Waals surface area contributed by atoms with E-state index in [4.69, 9.17) is 22.1 Å². The van der Waals surface area contributed by atoms with Crippen LogP contribution in [-0.2, 0) is 4.79 Å². The average Bonchev–Trinajstić information content (AvgIpc) is 2.28. The molecule has 1 unspecified atom stereocenters. The zero-order chi connectivity index (χ0) is 13.7. The van der Waals surface area contributed by atoms with Crippen molar-refractivity contribution in [2.75, 3.05) is 19.0 Å². The Kier molecular flexibility index (Phi) is 5.91. The smallest absolute Gasteiger partial charge is 0.227 e. The van der Waals surface area contributed by atoms with Gasteiger partial charge in [0.2, 0.25) is 5.91 Å². The molecule has 100 valence electrons. The normalized spacial score (nSPS) is 12.1. The van der Waals surface area contributed by atoms with E-state index < -0.39 is 0 Å². The number of benzene rings is 1. The molecular weight excluding hydrogens is 320 g/mol. The van der Waals surface area contributed by atoms with E-state index in [2.05, 4.69) is 21.2 Å². The Hall–Kier alpha value is -0.780. The molecule has 0 fully saturated rings. The fourth-order valence-electron chi connectivity index (χ4n) is 1.50. The van der Waals surface area contributed by atoms with Crippen LogP contribution in [0.3, 0.4) is 0 Å². The highest BCUT2D eigenvalue weighted by atomic mass is 79.9. The standard InChI is InChI=1S/C12H16BrClN2O2/c1-7(3-4-15)12(17)16-10-6-8(14)5-9(13)11(10)18-2/h5-7H,3-4,15H2,1-2H3,(H,16,17). The summed E-state index contributed by atoms with van der Waals surface area (Å²) in [7, 11) is 1.53. The highest BCUT2D eigenvalue weighted by Gasteiger charge is 2.16. The van der Waals surface area contributed by atoms with Crippen molar-refractivity contribution in [1.29, 1.82) is 0 Å². The van der Waals surface area contributed by atoms with Crippen molar-refractivity contribution in [2.24, 2.45) is 11.7 Å². The van der Waals surface area contributed by atoms with Gasteiger partial charge in [0.15, 0.2) is 5.75 Å². The van der Waals surface area contributed by atoms with Crippen molar-refractivity contribution in [3.05, 3.63) is 21.6 Å². The molecule has 0 aliphatic heterocycles. The van der Waals surface area contributed by atoms with Crippen LogP contribution in [-0.4, -0.2) is 19.6 Å². The van der Waals surface area contributed by atoms with Crippen molar-refractivity contribution < 1.29 is 9.53 Å². The maximum Gasteiger partial charge on any atom is 0.227 e. The number of nitrogens with two attached hydrogens (primary N) is 1. The van der Waals surface area contributed by atoms with E-state index in [0.29, 0.717) is 33.9 Å². The van der Waals surface area contributed by atoms with Crippen molar-refractivity contribution in [2.45, 2.75) is 13.3 Å². The Balaban J connectivity index is 2.93. The van der Waals surface area contributed by atoms with E-state index in [9.17, 15) is 4.79 Å². The number of carbonyl (C=O) groups excluding carboxylic acids is 1. The van der Waals surface area contributed by atoms with Gasteiger partial charge in [0.25, 0.3) is 0 Å². The summed E-state index contributed by atoms with van der Waals surface area (Å²) in [6.07, 6.45) is 0.635. The van der Waals surface area contributed by atoms with E-state index in [-0.39, 0.29) is 11.8 Å². The number of hydrogen-bond acceptors (Lipinski definition) is 3. The maximum atomic E-state index is 11.9. The number of halogens is 2. The minimum absolute atomic E-state index is 0.104. The molecule has 0 saturated carbocycles. The van der Waals surface area contributed by atoms with Gasteiger partial charge < -0.3 is 15.8 Å². The third kappa shape index (κ3) is 3.86. The van der Waals surface area contributed by atoms with E-state index in [1.54, 1.807) is 12.1 Å². The van der Waals surface area contributed by atoms with Crippen LogP contribution in [0, 0.1) is 5.92 Å². The Bertz CT molecular complexity index is 440. The average molecular weight is 336 g/mol. The van der Waals surface area contributed by atoms with Crippen LogP contribution in [0.2, 0.25) is 5.02 Å². The number of anilines is 1. The van der Waals surface area contributed by atoms with Crippen LogP contribution in [0.1, 0.15) is 13.3 Å². The van der Waals surface area contributed by atoms with Gasteiger partial charge in [-0.1, -0.05) is 18.5 Å². The second-order valence-electron chi connectivity index (χ2n) is 3.94. The number of ether oxygens (including phenoxy) is 1. The van der Waals surface area contributed by atoms with Crippen LogP contribution < -0.4 is 15.8 Å². The largest absolute Gasteiger partial charge is 0.493 e. The SMILES string of the molecule is COc1c(Br)cc(Cl)cc1NC(=O)C(C)CCN. The van der Waals surface area contributed by atoms with E-state index in [1.807, 2.05) is 6.92 Å². The van der Waals surface area contributed by atoms with Gasteiger partial charge in [-0.05, 0) is 41.0 Å². The molecule has 1 rings (SSSR count). The zero-order valence-electron chi connectivity index (χ0n) is 10.3. The van der Waals surface area contributed by atoms with Crippen LogP contribution in [0.15, 0.2) is 16.6 Å². The minimum Gasteiger partial charge on any atom is -0.493 e. The molecule has 3 N–H and O–H groups in total. The molecule has 0 spiro atoms. The minimum atomic E-state index is -0.155. The summed E-state index contributed by atoms with van der Waals surface area (Å²) in [5.74, 6) is 0.290. The first-order chi connectivity index (χ1) is 8.49. The highest BCUT2D eigenvalue weighted by molar-refractivity contribution is 9.10. The van der Waals surface area contributed by atoms with Crippen molar-refractivity contribution in [1.82, 2.24) is 0 Å². The first-order valence-corrected chi connectivity index (χ1v) is 6.70. The molecule has 1 atom stereocenters. The Morgan fingerprint density at radius 1 is 1.61 bits per heavy atom. The van der Waals surface area contributed by atoms with Crippen molar-refractivity contribution in [3.8, 4) is 5.75 Å². The van der Waals surface area contributed by atoms with Crippen LogP contribution in [0.5, 0.6) is 5.75 Å². The maximum absolute atomic E-state index is 11.9.